The summed E-state index contributed by atoms with van der Waals surface area (Å²) in [6, 6.07) is 12.7. The van der Waals surface area contributed by atoms with Crippen molar-refractivity contribution in [3.63, 3.8) is 0 Å². The van der Waals surface area contributed by atoms with Crippen LogP contribution in [0.1, 0.15) is 11.9 Å². The molecule has 0 unspecified atom stereocenters. The summed E-state index contributed by atoms with van der Waals surface area (Å²) in [4.78, 5) is 4.58. The van der Waals surface area contributed by atoms with E-state index in [0.29, 0.717) is 0 Å². The van der Waals surface area contributed by atoms with Gasteiger partial charge in [0, 0.05) is 5.39 Å². The van der Waals surface area contributed by atoms with Crippen molar-refractivity contribution in [2.75, 3.05) is 0 Å². The van der Waals surface area contributed by atoms with E-state index in [0.717, 1.165) is 10.5 Å². The third-order valence-corrected chi connectivity index (χ3v) is 3.68. The summed E-state index contributed by atoms with van der Waals surface area (Å²) in [6.07, 6.45) is 4.08. The number of nitrogens with zero attached hydrogens (tertiary/aromatic N) is 1. The van der Waals surface area contributed by atoms with Crippen LogP contribution in [0.4, 0.5) is 0 Å². The predicted molar refractivity (Wildman–Crippen MR) is 71.8 cm³/mol. The first-order valence-corrected chi connectivity index (χ1v) is 6.11. The van der Waals surface area contributed by atoms with Crippen LogP contribution < -0.4 is 0 Å². The van der Waals surface area contributed by atoms with Crippen LogP contribution >= 0.6 is 11.3 Å². The van der Waals surface area contributed by atoms with E-state index in [1.807, 2.05) is 13.0 Å². The van der Waals surface area contributed by atoms with Gasteiger partial charge >= 0.3 is 0 Å². The Bertz CT molecular complexity index is 679. The second kappa shape index (κ2) is 3.72. The number of rotatable bonds is 1. The highest BCUT2D eigenvalue weighted by Crippen LogP contribution is 2.30. The minimum absolute atomic E-state index is 1.08. The molecule has 0 saturated carbocycles. The Morgan fingerprint density at radius 3 is 2.88 bits per heavy atom. The minimum atomic E-state index is 1.08. The zero-order chi connectivity index (χ0) is 11.0. The highest BCUT2D eigenvalue weighted by Gasteiger charge is 2.04. The largest absolute Gasteiger partial charge is 0.237 e. The molecular weight excluding hydrogens is 214 g/mol. The molecule has 3 aromatic rings. The maximum atomic E-state index is 4.58. The zero-order valence-corrected chi connectivity index (χ0v) is 9.79. The first-order valence-electron chi connectivity index (χ1n) is 5.29. The van der Waals surface area contributed by atoms with Crippen molar-refractivity contribution in [2.45, 2.75) is 6.92 Å². The number of hydrogen-bond acceptors (Lipinski definition) is 2. The number of allylic oxidation sites excluding steroid dienone is 1. The Kier molecular flexibility index (Phi) is 2.22. The van der Waals surface area contributed by atoms with E-state index in [9.17, 15) is 0 Å². The summed E-state index contributed by atoms with van der Waals surface area (Å²) >= 11 is 1.75. The van der Waals surface area contributed by atoms with Gasteiger partial charge in [-0.25, -0.2) is 4.98 Å². The highest BCUT2D eigenvalue weighted by atomic mass is 32.1. The first kappa shape index (κ1) is 9.55. The van der Waals surface area contributed by atoms with E-state index < -0.39 is 0 Å². The van der Waals surface area contributed by atoms with Crippen molar-refractivity contribution >= 4 is 38.4 Å². The summed E-state index contributed by atoms with van der Waals surface area (Å²) in [7, 11) is 0. The molecule has 0 fully saturated rings. The van der Waals surface area contributed by atoms with E-state index in [-0.39, 0.29) is 0 Å². The molecule has 1 heterocycles. The van der Waals surface area contributed by atoms with Crippen LogP contribution in [-0.4, -0.2) is 4.98 Å². The molecule has 0 atom stereocenters. The number of fused-ring (bicyclic) bond motifs is 3. The number of benzene rings is 2. The normalized spacial score (nSPS) is 11.8. The summed E-state index contributed by atoms with van der Waals surface area (Å²) in [5.41, 5.74) is 1.09. The predicted octanol–water partition coefficient (Wildman–Crippen LogP) is 4.48. The number of hydrogen-bond donors (Lipinski definition) is 0. The van der Waals surface area contributed by atoms with Crippen LogP contribution in [0.15, 0.2) is 42.5 Å². The lowest BCUT2D eigenvalue weighted by Crippen LogP contribution is -1.72. The van der Waals surface area contributed by atoms with Gasteiger partial charge in [-0.3, -0.25) is 0 Å². The molecular formula is C14H11NS. The van der Waals surface area contributed by atoms with Crippen LogP contribution in [0.25, 0.3) is 27.1 Å². The van der Waals surface area contributed by atoms with Crippen LogP contribution in [0.3, 0.4) is 0 Å². The molecule has 0 amide bonds. The fraction of sp³-hybridized carbons (Fsp3) is 0.0714. The standard InChI is InChI=1S/C14H11NS/c1-2-5-13-15-12-9-8-10-6-3-4-7-11(10)14(12)16-13/h2-9H,1H3. The molecule has 78 valence electrons. The number of thiazole rings is 1. The molecule has 0 spiro atoms. The molecule has 3 rings (SSSR count). The fourth-order valence-electron chi connectivity index (χ4n) is 1.89. The quantitative estimate of drug-likeness (QED) is 0.595. The lowest BCUT2D eigenvalue weighted by atomic mass is 10.1. The summed E-state index contributed by atoms with van der Waals surface area (Å²) in [6.45, 7) is 2.02. The SMILES string of the molecule is CC=Cc1nc2ccc3ccccc3c2s1. The Hall–Kier alpha value is -1.67. The van der Waals surface area contributed by atoms with Gasteiger partial charge in [0.05, 0.1) is 10.2 Å². The molecule has 0 aliphatic rings. The van der Waals surface area contributed by atoms with Crippen molar-refractivity contribution in [2.24, 2.45) is 0 Å². The van der Waals surface area contributed by atoms with E-state index in [1.165, 1.54) is 15.5 Å². The van der Waals surface area contributed by atoms with Gasteiger partial charge in [-0.1, -0.05) is 36.4 Å². The molecule has 2 aromatic carbocycles. The maximum Gasteiger partial charge on any atom is 0.117 e. The summed E-state index contributed by atoms with van der Waals surface area (Å²) in [5.74, 6) is 0. The van der Waals surface area contributed by atoms with Gasteiger partial charge in [0.25, 0.3) is 0 Å². The molecule has 0 radical (unpaired) electrons. The average Bonchev–Trinajstić information content (AvgIpc) is 2.72. The van der Waals surface area contributed by atoms with E-state index in [2.05, 4.69) is 47.5 Å². The molecule has 1 nitrogen and oxygen atoms in total. The van der Waals surface area contributed by atoms with Gasteiger partial charge in [0.2, 0.25) is 0 Å². The van der Waals surface area contributed by atoms with Crippen LogP contribution in [0, 0.1) is 0 Å². The Morgan fingerprint density at radius 2 is 2.00 bits per heavy atom. The van der Waals surface area contributed by atoms with Gasteiger partial charge in [-0.15, -0.1) is 11.3 Å². The monoisotopic (exact) mass is 225 g/mol. The van der Waals surface area contributed by atoms with E-state index in [4.69, 9.17) is 0 Å². The summed E-state index contributed by atoms with van der Waals surface area (Å²) in [5, 5.41) is 3.66. The van der Waals surface area contributed by atoms with Crippen molar-refractivity contribution in [3.05, 3.63) is 47.5 Å². The topological polar surface area (TPSA) is 12.9 Å². The third-order valence-electron chi connectivity index (χ3n) is 2.61. The van der Waals surface area contributed by atoms with Crippen molar-refractivity contribution in [3.8, 4) is 0 Å². The van der Waals surface area contributed by atoms with Gasteiger partial charge in [0.15, 0.2) is 0 Å². The highest BCUT2D eigenvalue weighted by molar-refractivity contribution is 7.20. The lowest BCUT2D eigenvalue weighted by molar-refractivity contribution is 1.46. The first-order chi connectivity index (χ1) is 7.88. The minimum Gasteiger partial charge on any atom is -0.237 e. The molecule has 0 bridgehead atoms. The molecule has 0 N–H and O–H groups in total. The van der Waals surface area contributed by atoms with Gasteiger partial charge in [0.1, 0.15) is 5.01 Å². The smallest absolute Gasteiger partial charge is 0.117 e. The molecule has 2 heteroatoms. The Morgan fingerprint density at radius 1 is 1.12 bits per heavy atom. The molecule has 0 aliphatic heterocycles. The second-order valence-electron chi connectivity index (χ2n) is 3.69. The van der Waals surface area contributed by atoms with Crippen LogP contribution in [0.5, 0.6) is 0 Å². The zero-order valence-electron chi connectivity index (χ0n) is 8.97. The van der Waals surface area contributed by atoms with E-state index in [1.54, 1.807) is 11.3 Å². The lowest BCUT2D eigenvalue weighted by Gasteiger charge is -1.96. The molecule has 16 heavy (non-hydrogen) atoms. The average molecular weight is 225 g/mol. The van der Waals surface area contributed by atoms with Crippen molar-refractivity contribution in [1.29, 1.82) is 0 Å². The molecule has 1 aromatic heterocycles. The van der Waals surface area contributed by atoms with Gasteiger partial charge in [-0.2, -0.15) is 0 Å². The molecule has 0 aliphatic carbocycles. The Balaban J connectivity index is 2.41. The fourth-order valence-corrected chi connectivity index (χ4v) is 2.96. The maximum absolute atomic E-state index is 4.58. The number of aromatic nitrogens is 1. The van der Waals surface area contributed by atoms with Gasteiger partial charge < -0.3 is 0 Å². The van der Waals surface area contributed by atoms with Crippen molar-refractivity contribution < 1.29 is 0 Å². The van der Waals surface area contributed by atoms with Crippen LogP contribution in [-0.2, 0) is 0 Å². The molecule has 0 saturated heterocycles. The summed E-state index contributed by atoms with van der Waals surface area (Å²) < 4.78 is 1.28. The van der Waals surface area contributed by atoms with E-state index >= 15 is 0 Å². The van der Waals surface area contributed by atoms with Crippen molar-refractivity contribution in [1.82, 2.24) is 4.98 Å². The Labute approximate surface area is 98.1 Å². The van der Waals surface area contributed by atoms with Gasteiger partial charge in [-0.05, 0) is 24.5 Å². The second-order valence-corrected chi connectivity index (χ2v) is 4.72. The third kappa shape index (κ3) is 1.42. The van der Waals surface area contributed by atoms with Crippen LogP contribution in [0.2, 0.25) is 0 Å².